The first kappa shape index (κ1) is 19.1. The highest BCUT2D eigenvalue weighted by Crippen LogP contribution is 2.48. The normalized spacial score (nSPS) is 11.2. The molecular weight excluding hydrogens is 372 g/mol. The zero-order chi connectivity index (χ0) is 20.9. The largest absolute Gasteiger partial charge is 0.0707 e. The molecule has 5 aromatic rings. The summed E-state index contributed by atoms with van der Waals surface area (Å²) in [5.74, 6) is 0. The Morgan fingerprint density at radius 3 is 1.13 bits per heavy atom. The Balaban J connectivity index is 1.94. The van der Waals surface area contributed by atoms with Gasteiger partial charge in [0.25, 0.3) is 0 Å². The van der Waals surface area contributed by atoms with E-state index in [2.05, 4.69) is 146 Å². The summed E-state index contributed by atoms with van der Waals surface area (Å²) in [6, 6.07) is 52.1. The van der Waals surface area contributed by atoms with Crippen molar-refractivity contribution in [2.75, 3.05) is 0 Å². The third kappa shape index (κ3) is 3.37. The minimum atomic E-state index is -0.434. The van der Waals surface area contributed by atoms with Crippen molar-refractivity contribution in [1.82, 2.24) is 0 Å². The third-order valence-corrected chi connectivity index (χ3v) is 6.04. The van der Waals surface area contributed by atoms with E-state index in [0.717, 1.165) is 0 Å². The molecule has 0 aliphatic heterocycles. The molecule has 0 heteroatoms. The summed E-state index contributed by atoms with van der Waals surface area (Å²) >= 11 is 0. The van der Waals surface area contributed by atoms with Crippen molar-refractivity contribution in [3.8, 4) is 11.1 Å². The van der Waals surface area contributed by atoms with Crippen molar-refractivity contribution in [3.63, 3.8) is 0 Å². The molecule has 0 atom stereocenters. The fraction of sp³-hybridized carbons (Fsp3) is 0.0323. The first-order valence-electron chi connectivity index (χ1n) is 10.7. The van der Waals surface area contributed by atoms with Crippen LogP contribution in [0, 0.1) is 0 Å². The molecule has 0 unspecified atom stereocenters. The third-order valence-electron chi connectivity index (χ3n) is 6.04. The van der Waals surface area contributed by atoms with E-state index in [1.165, 1.54) is 33.4 Å². The molecule has 0 aromatic heterocycles. The van der Waals surface area contributed by atoms with E-state index in [-0.39, 0.29) is 0 Å². The van der Waals surface area contributed by atoms with Crippen LogP contribution in [-0.4, -0.2) is 0 Å². The summed E-state index contributed by atoms with van der Waals surface area (Å²) in [5, 5.41) is 0. The minimum absolute atomic E-state index is 0.434. The first-order valence-corrected chi connectivity index (χ1v) is 10.7. The van der Waals surface area contributed by atoms with E-state index in [9.17, 15) is 0 Å². The van der Waals surface area contributed by atoms with Gasteiger partial charge in [-0.2, -0.15) is 0 Å². The van der Waals surface area contributed by atoms with E-state index in [4.69, 9.17) is 0 Å². The molecule has 0 saturated carbocycles. The molecule has 0 fully saturated rings. The summed E-state index contributed by atoms with van der Waals surface area (Å²) in [4.78, 5) is 0. The van der Waals surface area contributed by atoms with Crippen molar-refractivity contribution in [2.24, 2.45) is 0 Å². The second kappa shape index (κ2) is 8.45. The zero-order valence-corrected chi connectivity index (χ0v) is 17.4. The van der Waals surface area contributed by atoms with Gasteiger partial charge in [-0.3, -0.25) is 0 Å². The van der Waals surface area contributed by atoms with Gasteiger partial charge in [0.15, 0.2) is 0 Å². The molecule has 0 aliphatic carbocycles. The molecule has 0 aliphatic rings. The summed E-state index contributed by atoms with van der Waals surface area (Å²) in [6.07, 6.45) is 0. The molecule has 148 valence electrons. The predicted octanol–water partition coefficient (Wildman–Crippen LogP) is 7.74. The zero-order valence-electron chi connectivity index (χ0n) is 17.4. The van der Waals surface area contributed by atoms with Crippen LogP contribution in [0.15, 0.2) is 146 Å². The second-order valence-corrected chi connectivity index (χ2v) is 7.76. The monoisotopic (exact) mass is 396 g/mol. The SMILES string of the molecule is c1ccc(-c2ccccc2C(c2ccccc2)(c2ccccc2)c2ccccc2)cc1. The highest BCUT2D eigenvalue weighted by atomic mass is 14.4. The van der Waals surface area contributed by atoms with Crippen molar-refractivity contribution in [3.05, 3.63) is 168 Å². The Bertz CT molecular complexity index is 1140. The fourth-order valence-electron chi connectivity index (χ4n) is 4.71. The summed E-state index contributed by atoms with van der Waals surface area (Å²) in [6.45, 7) is 0. The Kier molecular flexibility index (Phi) is 5.21. The molecule has 0 spiro atoms. The van der Waals surface area contributed by atoms with Crippen LogP contribution in [0.25, 0.3) is 11.1 Å². The molecule has 0 saturated heterocycles. The molecule has 0 bridgehead atoms. The van der Waals surface area contributed by atoms with E-state index in [0.29, 0.717) is 0 Å². The molecule has 0 amide bonds. The summed E-state index contributed by atoms with van der Waals surface area (Å²) in [5.41, 5.74) is 7.10. The standard InChI is InChI=1S/C31H24/c1-5-15-25(16-6-1)29-23-13-14-24-30(29)31(26-17-7-2-8-18-26,27-19-9-3-10-20-27)28-21-11-4-12-22-28/h1-24H. The lowest BCUT2D eigenvalue weighted by molar-refractivity contribution is 0.747. The second-order valence-electron chi connectivity index (χ2n) is 7.76. The molecule has 0 N–H and O–H groups in total. The first-order chi connectivity index (χ1) is 15.4. The van der Waals surface area contributed by atoms with Gasteiger partial charge in [0.05, 0.1) is 5.41 Å². The van der Waals surface area contributed by atoms with Crippen LogP contribution >= 0.6 is 0 Å². The quantitative estimate of drug-likeness (QED) is 0.267. The van der Waals surface area contributed by atoms with Gasteiger partial charge < -0.3 is 0 Å². The van der Waals surface area contributed by atoms with Gasteiger partial charge >= 0.3 is 0 Å². The van der Waals surface area contributed by atoms with Gasteiger partial charge in [-0.1, -0.05) is 146 Å². The fourth-order valence-corrected chi connectivity index (χ4v) is 4.71. The lowest BCUT2D eigenvalue weighted by Crippen LogP contribution is -2.31. The van der Waals surface area contributed by atoms with Crippen LogP contribution in [0.1, 0.15) is 22.3 Å². The Hall–Kier alpha value is -3.90. The predicted molar refractivity (Wildman–Crippen MR) is 130 cm³/mol. The molecule has 5 rings (SSSR count). The van der Waals surface area contributed by atoms with Gasteiger partial charge in [0.1, 0.15) is 0 Å². The van der Waals surface area contributed by atoms with Crippen molar-refractivity contribution >= 4 is 0 Å². The average molecular weight is 397 g/mol. The summed E-state index contributed by atoms with van der Waals surface area (Å²) < 4.78 is 0. The van der Waals surface area contributed by atoms with Gasteiger partial charge in [-0.15, -0.1) is 0 Å². The van der Waals surface area contributed by atoms with Gasteiger partial charge in [-0.05, 0) is 33.4 Å². The maximum atomic E-state index is 2.29. The van der Waals surface area contributed by atoms with Crippen LogP contribution in [-0.2, 0) is 5.41 Å². The molecular formula is C31H24. The van der Waals surface area contributed by atoms with Crippen molar-refractivity contribution in [1.29, 1.82) is 0 Å². The van der Waals surface area contributed by atoms with Crippen LogP contribution in [0.5, 0.6) is 0 Å². The van der Waals surface area contributed by atoms with Crippen LogP contribution in [0.4, 0.5) is 0 Å². The Morgan fingerprint density at radius 2 is 0.677 bits per heavy atom. The summed E-state index contributed by atoms with van der Waals surface area (Å²) in [7, 11) is 0. The average Bonchev–Trinajstić information content (AvgIpc) is 2.87. The highest BCUT2D eigenvalue weighted by molar-refractivity contribution is 5.74. The van der Waals surface area contributed by atoms with Crippen LogP contribution in [0.2, 0.25) is 0 Å². The lowest BCUT2D eigenvalue weighted by atomic mass is 9.63. The highest BCUT2D eigenvalue weighted by Gasteiger charge is 2.39. The van der Waals surface area contributed by atoms with E-state index in [1.807, 2.05) is 0 Å². The molecule has 0 nitrogen and oxygen atoms in total. The Labute approximate surface area is 184 Å². The van der Waals surface area contributed by atoms with Crippen LogP contribution in [0.3, 0.4) is 0 Å². The van der Waals surface area contributed by atoms with Gasteiger partial charge in [0.2, 0.25) is 0 Å². The maximum absolute atomic E-state index is 2.29. The van der Waals surface area contributed by atoms with Gasteiger partial charge in [0, 0.05) is 0 Å². The smallest absolute Gasteiger partial charge is 0.0622 e. The van der Waals surface area contributed by atoms with Crippen molar-refractivity contribution < 1.29 is 0 Å². The maximum Gasteiger partial charge on any atom is 0.0707 e. The van der Waals surface area contributed by atoms with E-state index < -0.39 is 5.41 Å². The van der Waals surface area contributed by atoms with Crippen LogP contribution < -0.4 is 0 Å². The number of hydrogen-bond acceptors (Lipinski definition) is 0. The van der Waals surface area contributed by atoms with Gasteiger partial charge in [-0.25, -0.2) is 0 Å². The lowest BCUT2D eigenvalue weighted by Gasteiger charge is -2.38. The molecule has 0 heterocycles. The molecule has 5 aromatic carbocycles. The van der Waals surface area contributed by atoms with E-state index >= 15 is 0 Å². The van der Waals surface area contributed by atoms with Crippen molar-refractivity contribution in [2.45, 2.75) is 5.41 Å². The number of hydrogen-bond donors (Lipinski definition) is 0. The topological polar surface area (TPSA) is 0 Å². The number of benzene rings is 5. The number of rotatable bonds is 5. The minimum Gasteiger partial charge on any atom is -0.0622 e. The molecule has 0 radical (unpaired) electrons. The van der Waals surface area contributed by atoms with E-state index in [1.54, 1.807) is 0 Å². The molecule has 31 heavy (non-hydrogen) atoms. The Morgan fingerprint density at radius 1 is 0.323 bits per heavy atom.